The van der Waals surface area contributed by atoms with Crippen LogP contribution in [0.2, 0.25) is 0 Å². The first-order valence-electron chi connectivity index (χ1n) is 6.24. The zero-order valence-corrected chi connectivity index (χ0v) is 14.5. The fourth-order valence-corrected chi connectivity index (χ4v) is 6.84. The first-order chi connectivity index (χ1) is 10.2. The number of thiophene rings is 1. The average molecular weight is 388 g/mol. The van der Waals surface area contributed by atoms with Crippen molar-refractivity contribution in [2.75, 3.05) is 6.54 Å². The molecule has 0 fully saturated rings. The van der Waals surface area contributed by atoms with Crippen molar-refractivity contribution in [3.63, 3.8) is 0 Å². The summed E-state index contributed by atoms with van der Waals surface area (Å²) in [5, 5.41) is 48.1. The minimum Gasteiger partial charge on any atom is -0.505 e. The van der Waals surface area contributed by atoms with Crippen LogP contribution >= 0.6 is 11.3 Å². The second-order valence-corrected chi connectivity index (χ2v) is 10.4. The van der Waals surface area contributed by atoms with Crippen LogP contribution in [0, 0.1) is 0 Å². The number of sulfone groups is 1. The second kappa shape index (κ2) is 5.10. The highest BCUT2D eigenvalue weighted by molar-refractivity contribution is 7.96. The Balaban J connectivity index is 2.96. The summed E-state index contributed by atoms with van der Waals surface area (Å²) in [7, 11) is -9.25. The maximum absolute atomic E-state index is 12.4. The molecule has 10 nitrogen and oxygen atoms in total. The zero-order chi connectivity index (χ0) is 18.0. The Morgan fingerprint density at radius 3 is 2.30 bits per heavy atom. The van der Waals surface area contributed by atoms with E-state index in [-0.39, 0.29) is 17.9 Å². The van der Waals surface area contributed by atoms with E-state index < -0.39 is 56.4 Å². The molecule has 2 heterocycles. The summed E-state index contributed by atoms with van der Waals surface area (Å²) in [6.07, 6.45) is 0. The first kappa shape index (κ1) is 18.5. The number of primary sulfonamides is 1. The van der Waals surface area contributed by atoms with Crippen molar-refractivity contribution >= 4 is 31.2 Å². The van der Waals surface area contributed by atoms with Crippen molar-refractivity contribution in [1.82, 2.24) is 5.32 Å². The van der Waals surface area contributed by atoms with Crippen molar-refractivity contribution in [3.8, 4) is 5.75 Å². The zero-order valence-electron chi connectivity index (χ0n) is 12.0. The van der Waals surface area contributed by atoms with Gasteiger partial charge in [-0.1, -0.05) is 6.92 Å². The summed E-state index contributed by atoms with van der Waals surface area (Å²) in [4.78, 5) is -3.05. The van der Waals surface area contributed by atoms with E-state index in [1.807, 2.05) is 0 Å². The fourth-order valence-electron chi connectivity index (χ4n) is 2.34. The van der Waals surface area contributed by atoms with Crippen LogP contribution in [0.4, 0.5) is 0 Å². The first-order valence-corrected chi connectivity index (χ1v) is 10.1. The van der Waals surface area contributed by atoms with Gasteiger partial charge in [-0.25, -0.2) is 22.0 Å². The lowest BCUT2D eigenvalue weighted by Crippen LogP contribution is -2.65. The van der Waals surface area contributed by atoms with Gasteiger partial charge in [0.2, 0.25) is 20.6 Å². The molecule has 7 N–H and O–H groups in total. The maximum atomic E-state index is 12.4. The molecule has 0 aliphatic carbocycles. The van der Waals surface area contributed by atoms with E-state index >= 15 is 0 Å². The van der Waals surface area contributed by atoms with Crippen molar-refractivity contribution in [2.24, 2.45) is 5.14 Å². The molecule has 0 spiro atoms. The summed E-state index contributed by atoms with van der Waals surface area (Å²) in [5.74, 6) is -4.23. The summed E-state index contributed by atoms with van der Waals surface area (Å²) < 4.78 is 46.3. The lowest BCUT2D eigenvalue weighted by molar-refractivity contribution is -0.258. The van der Waals surface area contributed by atoms with E-state index in [1.54, 1.807) is 6.92 Å². The maximum Gasteiger partial charge on any atom is 0.251 e. The number of sulfonamides is 1. The molecule has 0 saturated heterocycles. The molecule has 0 saturated carbocycles. The Labute approximate surface area is 136 Å². The third-order valence-corrected chi connectivity index (χ3v) is 9.07. The number of hydrogen-bond acceptors (Lipinski definition) is 10. The molecule has 1 aliphatic heterocycles. The van der Waals surface area contributed by atoms with Crippen LogP contribution in [0.1, 0.15) is 25.5 Å². The molecule has 0 bridgehead atoms. The van der Waals surface area contributed by atoms with Crippen LogP contribution in [0.3, 0.4) is 0 Å². The fraction of sp³-hybridized carbons (Fsp3) is 0.600. The number of hydrogen-bond donors (Lipinski definition) is 6. The normalized spacial score (nSPS) is 29.2. The molecule has 2 unspecified atom stereocenters. The van der Waals surface area contributed by atoms with Crippen LogP contribution in [0.25, 0.3) is 0 Å². The largest absolute Gasteiger partial charge is 0.505 e. The van der Waals surface area contributed by atoms with Gasteiger partial charge < -0.3 is 25.7 Å². The van der Waals surface area contributed by atoms with Gasteiger partial charge >= 0.3 is 0 Å². The quantitative estimate of drug-likeness (QED) is 0.316. The standard InChI is InChI=1S/C10H16N2O8S3/c1-3-12-6-4-5(13)8(23(11,19)20)21-7(4)22(17,18)9(2,14)10(6,15)16/h6,12-16H,3H2,1-2H3,(H2,11,19,20). The summed E-state index contributed by atoms with van der Waals surface area (Å²) >= 11 is 0.135. The van der Waals surface area contributed by atoms with Crippen molar-refractivity contribution in [1.29, 1.82) is 0 Å². The van der Waals surface area contributed by atoms with Crippen LogP contribution in [-0.2, 0) is 19.9 Å². The van der Waals surface area contributed by atoms with Crippen LogP contribution < -0.4 is 10.5 Å². The van der Waals surface area contributed by atoms with Crippen LogP contribution in [-0.4, -0.2) is 54.5 Å². The molecule has 13 heteroatoms. The van der Waals surface area contributed by atoms with Crippen molar-refractivity contribution in [2.45, 2.75) is 39.0 Å². The predicted molar refractivity (Wildman–Crippen MR) is 78.8 cm³/mol. The highest BCUT2D eigenvalue weighted by atomic mass is 32.3. The highest BCUT2D eigenvalue weighted by Crippen LogP contribution is 2.54. The van der Waals surface area contributed by atoms with Gasteiger partial charge in [-0.3, -0.25) is 0 Å². The second-order valence-electron chi connectivity index (χ2n) is 5.19. The Hall–Kier alpha value is -0.800. The Morgan fingerprint density at radius 1 is 1.35 bits per heavy atom. The van der Waals surface area contributed by atoms with E-state index in [0.717, 1.165) is 0 Å². The topological polar surface area (TPSA) is 187 Å². The van der Waals surface area contributed by atoms with E-state index in [1.165, 1.54) is 0 Å². The third-order valence-electron chi connectivity index (χ3n) is 3.66. The van der Waals surface area contributed by atoms with Gasteiger partial charge in [-0.2, -0.15) is 0 Å². The smallest absolute Gasteiger partial charge is 0.251 e. The number of nitrogens with two attached hydrogens (primary N) is 1. The molecule has 1 aromatic rings. The minimum absolute atomic E-state index is 0.100. The molecule has 23 heavy (non-hydrogen) atoms. The summed E-state index contributed by atoms with van der Waals surface area (Å²) in [6.45, 7) is 2.32. The molecule has 0 amide bonds. The lowest BCUT2D eigenvalue weighted by atomic mass is 9.95. The summed E-state index contributed by atoms with van der Waals surface area (Å²) in [6, 6.07) is -1.66. The molecule has 2 atom stereocenters. The predicted octanol–water partition coefficient (Wildman–Crippen LogP) is -2.07. The van der Waals surface area contributed by atoms with Gasteiger partial charge in [0.15, 0.2) is 9.96 Å². The molecule has 1 aromatic heterocycles. The van der Waals surface area contributed by atoms with Crippen molar-refractivity contribution < 1.29 is 37.3 Å². The highest BCUT2D eigenvalue weighted by Gasteiger charge is 2.65. The van der Waals surface area contributed by atoms with Gasteiger partial charge in [0.1, 0.15) is 4.21 Å². The minimum atomic E-state index is -4.79. The monoisotopic (exact) mass is 388 g/mol. The van der Waals surface area contributed by atoms with Crippen LogP contribution in [0.5, 0.6) is 5.75 Å². The Bertz CT molecular complexity index is 853. The lowest BCUT2D eigenvalue weighted by Gasteiger charge is -2.44. The van der Waals surface area contributed by atoms with E-state index in [2.05, 4.69) is 5.32 Å². The number of fused-ring (bicyclic) bond motifs is 1. The van der Waals surface area contributed by atoms with Gasteiger partial charge in [0.05, 0.1) is 6.04 Å². The van der Waals surface area contributed by atoms with Gasteiger partial charge in [0.25, 0.3) is 10.0 Å². The molecular formula is C10H16N2O8S3. The summed E-state index contributed by atoms with van der Waals surface area (Å²) in [5.41, 5.74) is -0.558. The van der Waals surface area contributed by atoms with E-state index in [0.29, 0.717) is 6.92 Å². The molecule has 2 rings (SSSR count). The Kier molecular flexibility index (Phi) is 4.11. The number of rotatable bonds is 3. The molecule has 132 valence electrons. The SMILES string of the molecule is CCNC1c2c(sc(S(N)(=O)=O)c2O)S(=O)(=O)C(C)(O)C1(O)O. The van der Waals surface area contributed by atoms with Gasteiger partial charge in [-0.15, -0.1) is 11.3 Å². The number of likely N-dealkylation sites (N-methyl/N-ethyl adjacent to an activating group) is 1. The van der Waals surface area contributed by atoms with Crippen molar-refractivity contribution in [3.05, 3.63) is 5.56 Å². The number of aromatic hydroxyl groups is 1. The van der Waals surface area contributed by atoms with E-state index in [4.69, 9.17) is 5.14 Å². The molecule has 0 radical (unpaired) electrons. The third kappa shape index (κ3) is 2.31. The molecule has 1 aliphatic rings. The van der Waals surface area contributed by atoms with Gasteiger partial charge in [-0.05, 0) is 13.5 Å². The van der Waals surface area contributed by atoms with Gasteiger partial charge in [0, 0.05) is 5.56 Å². The average Bonchev–Trinajstić information content (AvgIpc) is 2.72. The Morgan fingerprint density at radius 2 is 1.87 bits per heavy atom. The molecule has 0 aromatic carbocycles. The molecular weight excluding hydrogens is 372 g/mol. The van der Waals surface area contributed by atoms with E-state index in [9.17, 15) is 37.3 Å². The van der Waals surface area contributed by atoms with Crippen LogP contribution in [0.15, 0.2) is 8.42 Å². The number of nitrogens with one attached hydrogen (secondary N) is 1. The number of aliphatic hydroxyl groups is 3.